The zero-order valence-electron chi connectivity index (χ0n) is 10.7. The van der Waals surface area contributed by atoms with Crippen LogP contribution in [0.5, 0.6) is 0 Å². The van der Waals surface area contributed by atoms with Gasteiger partial charge in [-0.15, -0.1) is 12.4 Å². The van der Waals surface area contributed by atoms with Crippen molar-refractivity contribution >= 4 is 29.9 Å². The topological polar surface area (TPSA) is 32.3 Å². The lowest BCUT2D eigenvalue weighted by atomic mass is 10.1. The fourth-order valence-electron chi connectivity index (χ4n) is 2.37. The Morgan fingerprint density at radius 3 is 3.00 bits per heavy atom. The second-order valence-corrected chi connectivity index (χ2v) is 4.91. The number of carbonyl (C=O) groups is 1. The Morgan fingerprint density at radius 2 is 2.32 bits per heavy atom. The standard InChI is InChI=1S/C13H16ClFN2O.ClH/c1-16-8-10-3-2-6-17(10)13(18)11-7-9(14)4-5-12(11)15;/h4-5,7,10,16H,2-3,6,8H2,1H3;1H. The van der Waals surface area contributed by atoms with Crippen molar-refractivity contribution < 1.29 is 9.18 Å². The van der Waals surface area contributed by atoms with Crippen LogP contribution >= 0.6 is 24.0 Å². The van der Waals surface area contributed by atoms with Crippen LogP contribution in [0.3, 0.4) is 0 Å². The van der Waals surface area contributed by atoms with Gasteiger partial charge in [0.2, 0.25) is 0 Å². The summed E-state index contributed by atoms with van der Waals surface area (Å²) >= 11 is 5.82. The van der Waals surface area contributed by atoms with Crippen molar-refractivity contribution in [1.29, 1.82) is 0 Å². The van der Waals surface area contributed by atoms with Crippen LogP contribution in [-0.4, -0.2) is 37.0 Å². The Labute approximate surface area is 123 Å². The number of nitrogens with one attached hydrogen (secondary N) is 1. The zero-order valence-corrected chi connectivity index (χ0v) is 12.2. The molecule has 0 aromatic heterocycles. The van der Waals surface area contributed by atoms with Gasteiger partial charge in [0.15, 0.2) is 0 Å². The zero-order chi connectivity index (χ0) is 13.1. The first kappa shape index (κ1) is 16.2. The molecule has 1 heterocycles. The van der Waals surface area contributed by atoms with E-state index in [2.05, 4.69) is 5.32 Å². The summed E-state index contributed by atoms with van der Waals surface area (Å²) in [6.45, 7) is 1.41. The molecule has 19 heavy (non-hydrogen) atoms. The summed E-state index contributed by atoms with van der Waals surface area (Å²) in [5.41, 5.74) is 0.0607. The molecule has 2 rings (SSSR count). The van der Waals surface area contributed by atoms with Gasteiger partial charge in [0.05, 0.1) is 5.56 Å². The van der Waals surface area contributed by atoms with Gasteiger partial charge in [-0.25, -0.2) is 4.39 Å². The number of likely N-dealkylation sites (tertiary alicyclic amines) is 1. The Morgan fingerprint density at radius 1 is 1.58 bits per heavy atom. The summed E-state index contributed by atoms with van der Waals surface area (Å²) in [7, 11) is 1.85. The predicted octanol–water partition coefficient (Wildman–Crippen LogP) is 2.72. The maximum atomic E-state index is 13.7. The molecule has 0 aliphatic carbocycles. The van der Waals surface area contributed by atoms with E-state index in [1.807, 2.05) is 7.05 Å². The monoisotopic (exact) mass is 306 g/mol. The SMILES string of the molecule is CNCC1CCCN1C(=O)c1cc(Cl)ccc1F.Cl. The van der Waals surface area contributed by atoms with Crippen LogP contribution in [0.4, 0.5) is 4.39 Å². The fraction of sp³-hybridized carbons (Fsp3) is 0.462. The lowest BCUT2D eigenvalue weighted by Crippen LogP contribution is -2.41. The molecule has 1 unspecified atom stereocenters. The molecule has 1 aliphatic heterocycles. The second-order valence-electron chi connectivity index (χ2n) is 4.48. The van der Waals surface area contributed by atoms with Crippen molar-refractivity contribution in [3.63, 3.8) is 0 Å². The van der Waals surface area contributed by atoms with Crippen molar-refractivity contribution in [2.45, 2.75) is 18.9 Å². The Hall–Kier alpha value is -0.840. The van der Waals surface area contributed by atoms with Crippen molar-refractivity contribution in [1.82, 2.24) is 10.2 Å². The van der Waals surface area contributed by atoms with E-state index in [9.17, 15) is 9.18 Å². The van der Waals surface area contributed by atoms with Crippen LogP contribution in [0.15, 0.2) is 18.2 Å². The molecule has 3 nitrogen and oxygen atoms in total. The van der Waals surface area contributed by atoms with Gasteiger partial charge in [-0.1, -0.05) is 11.6 Å². The predicted molar refractivity (Wildman–Crippen MR) is 76.6 cm³/mol. The number of carbonyl (C=O) groups excluding carboxylic acids is 1. The van der Waals surface area contributed by atoms with Crippen LogP contribution in [-0.2, 0) is 0 Å². The lowest BCUT2D eigenvalue weighted by Gasteiger charge is -2.24. The molecule has 1 aromatic rings. The smallest absolute Gasteiger partial charge is 0.257 e. The average Bonchev–Trinajstić information content (AvgIpc) is 2.80. The summed E-state index contributed by atoms with van der Waals surface area (Å²) < 4.78 is 13.7. The minimum atomic E-state index is -0.514. The van der Waals surface area contributed by atoms with Gasteiger partial charge in [-0.2, -0.15) is 0 Å². The Kier molecular flexibility index (Phi) is 6.04. The van der Waals surface area contributed by atoms with Gasteiger partial charge in [-0.3, -0.25) is 4.79 Å². The normalized spacial score (nSPS) is 18.3. The highest BCUT2D eigenvalue weighted by molar-refractivity contribution is 6.31. The number of hydrogen-bond acceptors (Lipinski definition) is 2. The van der Waals surface area contributed by atoms with Crippen molar-refractivity contribution in [3.8, 4) is 0 Å². The van der Waals surface area contributed by atoms with E-state index in [1.54, 1.807) is 4.90 Å². The molecule has 1 fully saturated rings. The van der Waals surface area contributed by atoms with Gasteiger partial charge in [0, 0.05) is 24.2 Å². The number of likely N-dealkylation sites (N-methyl/N-ethyl adjacent to an activating group) is 1. The molecule has 0 bridgehead atoms. The summed E-state index contributed by atoms with van der Waals surface area (Å²) in [5.74, 6) is -0.785. The van der Waals surface area contributed by atoms with Gasteiger partial charge in [-0.05, 0) is 38.1 Å². The van der Waals surface area contributed by atoms with E-state index >= 15 is 0 Å². The van der Waals surface area contributed by atoms with Crippen LogP contribution in [0, 0.1) is 5.82 Å². The molecule has 1 aliphatic rings. The fourth-order valence-corrected chi connectivity index (χ4v) is 2.54. The molecule has 1 amide bonds. The number of hydrogen-bond donors (Lipinski definition) is 1. The van der Waals surface area contributed by atoms with Gasteiger partial charge < -0.3 is 10.2 Å². The molecular formula is C13H17Cl2FN2O. The number of amides is 1. The van der Waals surface area contributed by atoms with Gasteiger partial charge >= 0.3 is 0 Å². The molecule has 1 aromatic carbocycles. The van der Waals surface area contributed by atoms with E-state index in [1.165, 1.54) is 18.2 Å². The maximum Gasteiger partial charge on any atom is 0.257 e. The molecule has 0 spiro atoms. The van der Waals surface area contributed by atoms with E-state index in [4.69, 9.17) is 11.6 Å². The highest BCUT2D eigenvalue weighted by atomic mass is 35.5. The first-order valence-electron chi connectivity index (χ1n) is 6.04. The minimum absolute atomic E-state index is 0. The largest absolute Gasteiger partial charge is 0.334 e. The number of nitrogens with zero attached hydrogens (tertiary/aromatic N) is 1. The maximum absolute atomic E-state index is 13.7. The molecule has 1 saturated heterocycles. The van der Waals surface area contributed by atoms with Crippen molar-refractivity contribution in [2.75, 3.05) is 20.1 Å². The van der Waals surface area contributed by atoms with Crippen LogP contribution in [0.25, 0.3) is 0 Å². The first-order valence-corrected chi connectivity index (χ1v) is 6.42. The molecule has 6 heteroatoms. The lowest BCUT2D eigenvalue weighted by molar-refractivity contribution is 0.0732. The van der Waals surface area contributed by atoms with E-state index in [0.717, 1.165) is 19.4 Å². The van der Waals surface area contributed by atoms with E-state index in [-0.39, 0.29) is 29.9 Å². The third-order valence-electron chi connectivity index (χ3n) is 3.24. The molecule has 106 valence electrons. The molecule has 0 radical (unpaired) electrons. The Bertz CT molecular complexity index is 456. The average molecular weight is 307 g/mol. The quantitative estimate of drug-likeness (QED) is 0.931. The van der Waals surface area contributed by atoms with E-state index in [0.29, 0.717) is 11.6 Å². The van der Waals surface area contributed by atoms with Crippen LogP contribution < -0.4 is 5.32 Å². The first-order chi connectivity index (χ1) is 8.63. The molecule has 1 atom stereocenters. The third-order valence-corrected chi connectivity index (χ3v) is 3.47. The van der Waals surface area contributed by atoms with Crippen molar-refractivity contribution in [2.24, 2.45) is 0 Å². The van der Waals surface area contributed by atoms with E-state index < -0.39 is 5.82 Å². The second kappa shape index (κ2) is 7.08. The number of rotatable bonds is 3. The van der Waals surface area contributed by atoms with Crippen LogP contribution in [0.1, 0.15) is 23.2 Å². The van der Waals surface area contributed by atoms with Gasteiger partial charge in [0.25, 0.3) is 5.91 Å². The number of benzene rings is 1. The molecular weight excluding hydrogens is 290 g/mol. The third kappa shape index (κ3) is 3.59. The molecule has 1 N–H and O–H groups in total. The highest BCUT2D eigenvalue weighted by Crippen LogP contribution is 2.22. The van der Waals surface area contributed by atoms with Crippen LogP contribution in [0.2, 0.25) is 5.02 Å². The molecule has 0 saturated carbocycles. The summed E-state index contributed by atoms with van der Waals surface area (Å²) in [6, 6.07) is 4.22. The summed E-state index contributed by atoms with van der Waals surface area (Å²) in [5, 5.41) is 3.44. The van der Waals surface area contributed by atoms with Gasteiger partial charge in [0.1, 0.15) is 5.82 Å². The number of halogens is 3. The highest BCUT2D eigenvalue weighted by Gasteiger charge is 2.30. The van der Waals surface area contributed by atoms with Crippen molar-refractivity contribution in [3.05, 3.63) is 34.6 Å². The Balaban J connectivity index is 0.00000180. The summed E-state index contributed by atoms with van der Waals surface area (Å²) in [4.78, 5) is 14.0. The summed E-state index contributed by atoms with van der Waals surface area (Å²) in [6.07, 6.45) is 1.91. The minimum Gasteiger partial charge on any atom is -0.334 e.